The normalized spacial score (nSPS) is 12.8. The predicted octanol–water partition coefficient (Wildman–Crippen LogP) is 2.58. The van der Waals surface area contributed by atoms with Gasteiger partial charge in [0.2, 0.25) is 0 Å². The number of carbonyl (C=O) groups is 3. The summed E-state index contributed by atoms with van der Waals surface area (Å²) >= 11 is 0. The fourth-order valence-corrected chi connectivity index (χ4v) is 3.11. The predicted molar refractivity (Wildman–Crippen MR) is 109 cm³/mol. The fourth-order valence-electron chi connectivity index (χ4n) is 3.11. The lowest BCUT2D eigenvalue weighted by Crippen LogP contribution is -2.33. The van der Waals surface area contributed by atoms with Gasteiger partial charge in [0.15, 0.2) is 0 Å². The highest BCUT2D eigenvalue weighted by Crippen LogP contribution is 2.22. The number of nitrogens with zero attached hydrogens (tertiary/aromatic N) is 1. The minimum atomic E-state index is -0.431. The van der Waals surface area contributed by atoms with Crippen LogP contribution in [0.2, 0.25) is 0 Å². The molecule has 0 aromatic heterocycles. The maximum Gasteiger partial charge on any atom is 0.407 e. The smallest absolute Gasteiger partial charge is 0.407 e. The average Bonchev–Trinajstić information content (AvgIpc) is 2.99. The number of fused-ring (bicyclic) bond motifs is 1. The summed E-state index contributed by atoms with van der Waals surface area (Å²) in [7, 11) is 0. The molecule has 0 spiro atoms. The van der Waals surface area contributed by atoms with E-state index < -0.39 is 6.09 Å². The zero-order valence-electron chi connectivity index (χ0n) is 16.2. The van der Waals surface area contributed by atoms with Crippen LogP contribution >= 0.6 is 0 Å². The Hall–Kier alpha value is -3.19. The molecule has 0 fully saturated rings. The topological polar surface area (TPSA) is 87.7 Å². The Labute approximate surface area is 170 Å². The molecule has 2 N–H and O–H groups in total. The fraction of sp³-hybridized carbons (Fsp3) is 0.318. The van der Waals surface area contributed by atoms with Crippen LogP contribution in [-0.2, 0) is 11.3 Å². The number of hydrogen-bond acceptors (Lipinski definition) is 5. The van der Waals surface area contributed by atoms with E-state index in [1.165, 1.54) is 4.90 Å². The molecule has 0 atom stereocenters. The second-order valence-electron chi connectivity index (χ2n) is 6.75. The summed E-state index contributed by atoms with van der Waals surface area (Å²) in [6, 6.07) is 16.4. The average molecular weight is 395 g/mol. The van der Waals surface area contributed by atoms with Crippen LogP contribution in [-0.4, -0.2) is 49.0 Å². The number of ether oxygens (including phenoxy) is 1. The van der Waals surface area contributed by atoms with E-state index in [9.17, 15) is 14.4 Å². The van der Waals surface area contributed by atoms with Crippen molar-refractivity contribution in [1.29, 1.82) is 0 Å². The Morgan fingerprint density at radius 3 is 2.14 bits per heavy atom. The SMILES string of the molecule is O=C(NCCCNCCCN1C(=O)c2ccccc2C1=O)OCc1ccccc1. The van der Waals surface area contributed by atoms with Crippen LogP contribution in [0.3, 0.4) is 0 Å². The van der Waals surface area contributed by atoms with Gasteiger partial charge in [-0.1, -0.05) is 42.5 Å². The first-order chi connectivity index (χ1) is 14.2. The van der Waals surface area contributed by atoms with Gasteiger partial charge in [0, 0.05) is 13.1 Å². The van der Waals surface area contributed by atoms with Gasteiger partial charge in [-0.25, -0.2) is 4.79 Å². The van der Waals surface area contributed by atoms with Crippen molar-refractivity contribution < 1.29 is 19.1 Å². The summed E-state index contributed by atoms with van der Waals surface area (Å²) in [5.41, 5.74) is 1.91. The minimum Gasteiger partial charge on any atom is -0.445 e. The third-order valence-electron chi connectivity index (χ3n) is 4.63. The van der Waals surface area contributed by atoms with E-state index in [1.807, 2.05) is 30.3 Å². The number of rotatable bonds is 10. The van der Waals surface area contributed by atoms with E-state index in [0.717, 1.165) is 18.5 Å². The van der Waals surface area contributed by atoms with Gasteiger partial charge < -0.3 is 15.4 Å². The van der Waals surface area contributed by atoms with Crippen molar-refractivity contribution >= 4 is 17.9 Å². The minimum absolute atomic E-state index is 0.219. The van der Waals surface area contributed by atoms with E-state index in [2.05, 4.69) is 10.6 Å². The van der Waals surface area contributed by atoms with Crippen molar-refractivity contribution in [3.63, 3.8) is 0 Å². The molecule has 0 bridgehead atoms. The molecule has 0 saturated heterocycles. The van der Waals surface area contributed by atoms with Gasteiger partial charge in [-0.15, -0.1) is 0 Å². The lowest BCUT2D eigenvalue weighted by Gasteiger charge is -2.14. The maximum atomic E-state index is 12.3. The zero-order chi connectivity index (χ0) is 20.5. The Morgan fingerprint density at radius 2 is 1.45 bits per heavy atom. The summed E-state index contributed by atoms with van der Waals surface area (Å²) in [4.78, 5) is 37.4. The van der Waals surface area contributed by atoms with Crippen LogP contribution in [0.4, 0.5) is 4.79 Å². The Bertz CT molecular complexity index is 819. The molecular formula is C22H25N3O4. The van der Waals surface area contributed by atoms with E-state index in [4.69, 9.17) is 4.74 Å². The van der Waals surface area contributed by atoms with Crippen molar-refractivity contribution in [3.05, 3.63) is 71.3 Å². The molecule has 2 aromatic carbocycles. The Morgan fingerprint density at radius 1 is 0.828 bits per heavy atom. The van der Waals surface area contributed by atoms with Gasteiger partial charge in [0.25, 0.3) is 11.8 Å². The molecule has 1 heterocycles. The van der Waals surface area contributed by atoms with Crippen LogP contribution in [0, 0.1) is 0 Å². The number of amides is 3. The molecule has 0 aliphatic carbocycles. The first-order valence-corrected chi connectivity index (χ1v) is 9.77. The number of hydrogen-bond donors (Lipinski definition) is 2. The van der Waals surface area contributed by atoms with Gasteiger partial charge in [-0.3, -0.25) is 14.5 Å². The lowest BCUT2D eigenvalue weighted by atomic mass is 10.1. The van der Waals surface area contributed by atoms with Crippen molar-refractivity contribution in [1.82, 2.24) is 15.5 Å². The van der Waals surface area contributed by atoms with E-state index in [-0.39, 0.29) is 18.4 Å². The number of carbonyl (C=O) groups excluding carboxylic acids is 3. The molecule has 7 nitrogen and oxygen atoms in total. The Balaban J connectivity index is 1.22. The van der Waals surface area contributed by atoms with Gasteiger partial charge >= 0.3 is 6.09 Å². The highest BCUT2D eigenvalue weighted by atomic mass is 16.5. The van der Waals surface area contributed by atoms with Crippen LogP contribution in [0.1, 0.15) is 39.1 Å². The van der Waals surface area contributed by atoms with Crippen molar-refractivity contribution in [3.8, 4) is 0 Å². The number of nitrogens with one attached hydrogen (secondary N) is 2. The van der Waals surface area contributed by atoms with Crippen LogP contribution < -0.4 is 10.6 Å². The number of benzene rings is 2. The standard InChI is InChI=1S/C22H25N3O4/c26-20-18-10-4-5-11-19(18)21(27)25(20)15-7-13-23-12-6-14-24-22(28)29-16-17-8-2-1-3-9-17/h1-5,8-11,23H,6-7,12-16H2,(H,24,28). The summed E-state index contributed by atoms with van der Waals surface area (Å²) in [6.45, 7) is 2.57. The second kappa shape index (κ2) is 10.4. The largest absolute Gasteiger partial charge is 0.445 e. The third-order valence-corrected chi connectivity index (χ3v) is 4.63. The van der Waals surface area contributed by atoms with Gasteiger partial charge in [0.05, 0.1) is 11.1 Å². The van der Waals surface area contributed by atoms with Crippen LogP contribution in [0.25, 0.3) is 0 Å². The van der Waals surface area contributed by atoms with Gasteiger partial charge in [-0.05, 0) is 43.6 Å². The quantitative estimate of drug-likeness (QED) is 0.477. The lowest BCUT2D eigenvalue weighted by molar-refractivity contribution is 0.0652. The Kier molecular flexibility index (Phi) is 7.35. The van der Waals surface area contributed by atoms with E-state index >= 15 is 0 Å². The third kappa shape index (κ3) is 5.65. The zero-order valence-corrected chi connectivity index (χ0v) is 16.2. The highest BCUT2D eigenvalue weighted by Gasteiger charge is 2.34. The molecule has 0 radical (unpaired) electrons. The number of imide groups is 1. The molecule has 2 aromatic rings. The van der Waals surface area contributed by atoms with Crippen LogP contribution in [0.5, 0.6) is 0 Å². The van der Waals surface area contributed by atoms with Crippen molar-refractivity contribution in [2.24, 2.45) is 0 Å². The molecule has 1 aliphatic heterocycles. The summed E-state index contributed by atoms with van der Waals surface area (Å²) in [5, 5.41) is 5.96. The molecule has 29 heavy (non-hydrogen) atoms. The molecule has 152 valence electrons. The molecule has 7 heteroatoms. The second-order valence-corrected chi connectivity index (χ2v) is 6.75. The molecular weight excluding hydrogens is 370 g/mol. The summed E-state index contributed by atoms with van der Waals surface area (Å²) in [5.74, 6) is -0.437. The van der Waals surface area contributed by atoms with Crippen molar-refractivity contribution in [2.75, 3.05) is 26.2 Å². The number of alkyl carbamates (subject to hydrolysis) is 1. The van der Waals surface area contributed by atoms with E-state index in [0.29, 0.717) is 37.2 Å². The van der Waals surface area contributed by atoms with Crippen molar-refractivity contribution in [2.45, 2.75) is 19.4 Å². The molecule has 3 rings (SSSR count). The molecule has 1 aliphatic rings. The highest BCUT2D eigenvalue weighted by molar-refractivity contribution is 6.21. The van der Waals surface area contributed by atoms with Gasteiger partial charge in [-0.2, -0.15) is 0 Å². The van der Waals surface area contributed by atoms with Gasteiger partial charge in [0.1, 0.15) is 6.61 Å². The van der Waals surface area contributed by atoms with Crippen LogP contribution in [0.15, 0.2) is 54.6 Å². The first kappa shape index (κ1) is 20.5. The molecule has 0 unspecified atom stereocenters. The molecule has 0 saturated carbocycles. The summed E-state index contributed by atoms with van der Waals surface area (Å²) in [6.07, 6.45) is 1.00. The first-order valence-electron chi connectivity index (χ1n) is 9.77. The summed E-state index contributed by atoms with van der Waals surface area (Å²) < 4.78 is 5.14. The maximum absolute atomic E-state index is 12.3. The molecule has 3 amide bonds. The monoisotopic (exact) mass is 395 g/mol. The van der Waals surface area contributed by atoms with E-state index in [1.54, 1.807) is 24.3 Å².